The first kappa shape index (κ1) is 15.7. The van der Waals surface area contributed by atoms with Crippen molar-refractivity contribution in [2.75, 3.05) is 0 Å². The van der Waals surface area contributed by atoms with Crippen molar-refractivity contribution < 1.29 is 4.39 Å². The van der Waals surface area contributed by atoms with E-state index < -0.39 is 0 Å². The Morgan fingerprint density at radius 2 is 1.76 bits per heavy atom. The van der Waals surface area contributed by atoms with E-state index in [1.165, 1.54) is 11.6 Å². The summed E-state index contributed by atoms with van der Waals surface area (Å²) in [5.41, 5.74) is 6.82. The van der Waals surface area contributed by atoms with Crippen LogP contribution < -0.4 is 11.3 Å². The van der Waals surface area contributed by atoms with Gasteiger partial charge in [0.2, 0.25) is 0 Å². The fourth-order valence-corrected chi connectivity index (χ4v) is 2.46. The van der Waals surface area contributed by atoms with E-state index in [0.717, 1.165) is 11.1 Å². The lowest BCUT2D eigenvalue weighted by Gasteiger charge is -2.18. The highest BCUT2D eigenvalue weighted by Gasteiger charge is 2.15. The molecule has 0 bridgehead atoms. The number of hydrogen-bond acceptors (Lipinski definition) is 2. The van der Waals surface area contributed by atoms with Crippen LogP contribution in [0.15, 0.2) is 42.5 Å². The molecule has 0 saturated heterocycles. The molecule has 1 atom stereocenters. The Morgan fingerprint density at radius 3 is 2.33 bits per heavy atom. The Bertz CT molecular complexity index is 591. The van der Waals surface area contributed by atoms with Crippen LogP contribution in [-0.4, -0.2) is 0 Å². The van der Waals surface area contributed by atoms with Gasteiger partial charge in [0.25, 0.3) is 0 Å². The monoisotopic (exact) mass is 286 g/mol. The van der Waals surface area contributed by atoms with E-state index >= 15 is 0 Å². The van der Waals surface area contributed by atoms with Crippen molar-refractivity contribution in [1.82, 2.24) is 5.43 Å². The van der Waals surface area contributed by atoms with Gasteiger partial charge in [-0.3, -0.25) is 11.3 Å². The third kappa shape index (κ3) is 3.90. The number of hydrogen-bond donors (Lipinski definition) is 2. The standard InChI is InChI=1S/C18H23FN2/c1-12(2)15-7-5-14(6-8-15)11-18(21-20)16-10-13(3)4-9-17(16)19/h4-10,12,18,21H,11,20H2,1-3H3. The molecule has 1 unspecified atom stereocenters. The van der Waals surface area contributed by atoms with E-state index in [2.05, 4.69) is 43.5 Å². The van der Waals surface area contributed by atoms with Crippen molar-refractivity contribution in [2.45, 2.75) is 39.2 Å². The highest BCUT2D eigenvalue weighted by atomic mass is 19.1. The minimum Gasteiger partial charge on any atom is -0.271 e. The van der Waals surface area contributed by atoms with Gasteiger partial charge in [-0.25, -0.2) is 4.39 Å². The van der Waals surface area contributed by atoms with Crippen LogP contribution in [-0.2, 0) is 6.42 Å². The summed E-state index contributed by atoms with van der Waals surface area (Å²) >= 11 is 0. The lowest BCUT2D eigenvalue weighted by Crippen LogP contribution is -2.30. The second kappa shape index (κ2) is 6.83. The van der Waals surface area contributed by atoms with Crippen LogP contribution in [0.4, 0.5) is 4.39 Å². The number of nitrogens with two attached hydrogens (primary N) is 1. The SMILES string of the molecule is Cc1ccc(F)c(C(Cc2ccc(C(C)C)cc2)NN)c1. The van der Waals surface area contributed by atoms with E-state index in [1.807, 2.05) is 13.0 Å². The Balaban J connectivity index is 2.20. The quantitative estimate of drug-likeness (QED) is 0.644. The molecule has 0 fully saturated rings. The lowest BCUT2D eigenvalue weighted by atomic mass is 9.95. The lowest BCUT2D eigenvalue weighted by molar-refractivity contribution is 0.510. The van der Waals surface area contributed by atoms with Gasteiger partial charge in [-0.15, -0.1) is 0 Å². The zero-order valence-electron chi connectivity index (χ0n) is 12.9. The van der Waals surface area contributed by atoms with Gasteiger partial charge < -0.3 is 0 Å². The number of rotatable bonds is 5. The Hall–Kier alpha value is -1.71. The van der Waals surface area contributed by atoms with E-state index in [1.54, 1.807) is 6.07 Å². The molecule has 2 aromatic rings. The predicted molar refractivity (Wildman–Crippen MR) is 85.4 cm³/mol. The van der Waals surface area contributed by atoms with Crippen LogP contribution in [0.3, 0.4) is 0 Å². The Morgan fingerprint density at radius 1 is 1.10 bits per heavy atom. The van der Waals surface area contributed by atoms with Crippen molar-refractivity contribution in [1.29, 1.82) is 0 Å². The summed E-state index contributed by atoms with van der Waals surface area (Å²) < 4.78 is 14.0. The largest absolute Gasteiger partial charge is 0.271 e. The minimum absolute atomic E-state index is 0.220. The second-order valence-corrected chi connectivity index (χ2v) is 5.84. The Kier molecular flexibility index (Phi) is 5.10. The van der Waals surface area contributed by atoms with Crippen molar-refractivity contribution in [3.8, 4) is 0 Å². The normalized spacial score (nSPS) is 12.7. The maximum atomic E-state index is 14.0. The fourth-order valence-electron chi connectivity index (χ4n) is 2.46. The van der Waals surface area contributed by atoms with Gasteiger partial charge in [0.05, 0.1) is 6.04 Å². The zero-order valence-corrected chi connectivity index (χ0v) is 12.9. The van der Waals surface area contributed by atoms with Crippen LogP contribution in [0.1, 0.15) is 48.1 Å². The first-order chi connectivity index (χ1) is 10.0. The molecule has 0 heterocycles. The summed E-state index contributed by atoms with van der Waals surface area (Å²) in [6.45, 7) is 6.29. The van der Waals surface area contributed by atoms with Gasteiger partial charge in [0.1, 0.15) is 5.82 Å². The van der Waals surface area contributed by atoms with Gasteiger partial charge in [0, 0.05) is 5.56 Å². The van der Waals surface area contributed by atoms with Crippen LogP contribution in [0.2, 0.25) is 0 Å². The highest BCUT2D eigenvalue weighted by Crippen LogP contribution is 2.23. The molecule has 21 heavy (non-hydrogen) atoms. The molecule has 0 radical (unpaired) electrons. The molecular weight excluding hydrogens is 263 g/mol. The van der Waals surface area contributed by atoms with Crippen LogP contribution in [0.5, 0.6) is 0 Å². The molecular formula is C18H23FN2. The molecule has 0 aliphatic rings. The highest BCUT2D eigenvalue weighted by molar-refractivity contribution is 5.30. The number of aryl methyl sites for hydroxylation is 1. The van der Waals surface area contributed by atoms with Crippen molar-refractivity contribution in [2.24, 2.45) is 5.84 Å². The third-order valence-corrected chi connectivity index (χ3v) is 3.81. The van der Waals surface area contributed by atoms with Crippen molar-refractivity contribution in [3.63, 3.8) is 0 Å². The van der Waals surface area contributed by atoms with Crippen LogP contribution in [0, 0.1) is 12.7 Å². The maximum absolute atomic E-state index is 14.0. The fraction of sp³-hybridized carbons (Fsp3) is 0.333. The Labute approximate surface area is 126 Å². The molecule has 112 valence electrons. The predicted octanol–water partition coefficient (Wildman–Crippen LogP) is 4.00. The molecule has 2 rings (SSSR count). The minimum atomic E-state index is -0.227. The summed E-state index contributed by atoms with van der Waals surface area (Å²) in [7, 11) is 0. The van der Waals surface area contributed by atoms with Crippen molar-refractivity contribution in [3.05, 3.63) is 70.5 Å². The summed E-state index contributed by atoms with van der Waals surface area (Å²) in [6.07, 6.45) is 0.662. The van der Waals surface area contributed by atoms with E-state index in [4.69, 9.17) is 5.84 Å². The number of benzene rings is 2. The summed E-state index contributed by atoms with van der Waals surface area (Å²) in [6, 6.07) is 13.3. The zero-order chi connectivity index (χ0) is 15.4. The maximum Gasteiger partial charge on any atom is 0.128 e. The number of nitrogens with one attached hydrogen (secondary N) is 1. The summed E-state index contributed by atoms with van der Waals surface area (Å²) in [5, 5.41) is 0. The first-order valence-electron chi connectivity index (χ1n) is 7.32. The molecule has 2 nitrogen and oxygen atoms in total. The van der Waals surface area contributed by atoms with E-state index in [0.29, 0.717) is 17.9 Å². The first-order valence-corrected chi connectivity index (χ1v) is 7.32. The van der Waals surface area contributed by atoms with Crippen LogP contribution in [0.25, 0.3) is 0 Å². The average molecular weight is 286 g/mol. The smallest absolute Gasteiger partial charge is 0.128 e. The number of halogens is 1. The van der Waals surface area contributed by atoms with Gasteiger partial charge in [-0.2, -0.15) is 0 Å². The van der Waals surface area contributed by atoms with E-state index in [-0.39, 0.29) is 11.9 Å². The van der Waals surface area contributed by atoms with Gasteiger partial charge >= 0.3 is 0 Å². The molecule has 3 heteroatoms. The summed E-state index contributed by atoms with van der Waals surface area (Å²) in [5.74, 6) is 5.92. The molecule has 2 aromatic carbocycles. The molecule has 0 saturated carbocycles. The molecule has 0 aliphatic carbocycles. The van der Waals surface area contributed by atoms with E-state index in [9.17, 15) is 4.39 Å². The third-order valence-electron chi connectivity index (χ3n) is 3.81. The number of hydrazine groups is 1. The molecule has 0 spiro atoms. The topological polar surface area (TPSA) is 38.0 Å². The molecule has 0 amide bonds. The van der Waals surface area contributed by atoms with Gasteiger partial charge in [-0.05, 0) is 36.5 Å². The van der Waals surface area contributed by atoms with Gasteiger partial charge in [0.15, 0.2) is 0 Å². The average Bonchev–Trinajstić information content (AvgIpc) is 2.48. The van der Waals surface area contributed by atoms with Crippen molar-refractivity contribution >= 4 is 0 Å². The van der Waals surface area contributed by atoms with Gasteiger partial charge in [-0.1, -0.05) is 55.8 Å². The molecule has 0 aromatic heterocycles. The molecule has 3 N–H and O–H groups in total. The second-order valence-electron chi connectivity index (χ2n) is 5.84. The molecule has 0 aliphatic heterocycles. The summed E-state index contributed by atoms with van der Waals surface area (Å²) in [4.78, 5) is 0. The van der Waals surface area contributed by atoms with Crippen LogP contribution >= 0.6 is 0 Å².